The molecule has 2 heterocycles. The molecule has 0 bridgehead atoms. The van der Waals surface area contributed by atoms with Crippen molar-refractivity contribution in [1.82, 2.24) is 4.57 Å². The van der Waals surface area contributed by atoms with Gasteiger partial charge in [-0.1, -0.05) is 12.2 Å². The van der Waals surface area contributed by atoms with Crippen LogP contribution < -0.4 is 11.5 Å². The lowest BCUT2D eigenvalue weighted by atomic mass is 10.2. The van der Waals surface area contributed by atoms with Crippen LogP contribution in [-0.4, -0.2) is 22.3 Å². The standard InChI is InChI=1S/C9H13N3OS3/c10-7-6(8(11)14)16-9(15)12(7)4-5-2-1-3-13-5/h5H,1-4,10H2,(H2,11,14)/t5-/m1/s1. The maximum Gasteiger partial charge on any atom is 0.163 e. The molecule has 0 saturated carbocycles. The van der Waals surface area contributed by atoms with E-state index in [9.17, 15) is 0 Å². The summed E-state index contributed by atoms with van der Waals surface area (Å²) in [6.45, 7) is 1.52. The van der Waals surface area contributed by atoms with Gasteiger partial charge in [0.2, 0.25) is 0 Å². The van der Waals surface area contributed by atoms with Crippen molar-refractivity contribution in [3.63, 3.8) is 0 Å². The molecule has 1 fully saturated rings. The van der Waals surface area contributed by atoms with Crippen LogP contribution in [0.5, 0.6) is 0 Å². The number of ether oxygens (including phenoxy) is 1. The fourth-order valence-corrected chi connectivity index (χ4v) is 3.18. The van der Waals surface area contributed by atoms with Gasteiger partial charge in [0.25, 0.3) is 0 Å². The Balaban J connectivity index is 2.26. The lowest BCUT2D eigenvalue weighted by molar-refractivity contribution is 0.0974. The van der Waals surface area contributed by atoms with E-state index in [2.05, 4.69) is 0 Å². The van der Waals surface area contributed by atoms with Crippen LogP contribution >= 0.6 is 35.8 Å². The molecule has 0 unspecified atom stereocenters. The highest BCUT2D eigenvalue weighted by atomic mass is 32.1. The molecule has 0 amide bonds. The predicted octanol–water partition coefficient (Wildman–Crippen LogP) is 1.67. The molecule has 2 rings (SSSR count). The van der Waals surface area contributed by atoms with E-state index in [1.165, 1.54) is 11.3 Å². The Kier molecular flexibility index (Phi) is 3.58. The van der Waals surface area contributed by atoms with Gasteiger partial charge in [-0.05, 0) is 25.1 Å². The van der Waals surface area contributed by atoms with Gasteiger partial charge in [-0.2, -0.15) is 0 Å². The number of hydrogen-bond donors (Lipinski definition) is 2. The summed E-state index contributed by atoms with van der Waals surface area (Å²) in [5.41, 5.74) is 11.5. The minimum atomic E-state index is 0.211. The lowest BCUT2D eigenvalue weighted by Crippen LogP contribution is -2.18. The molecule has 1 aliphatic heterocycles. The summed E-state index contributed by atoms with van der Waals surface area (Å²) in [7, 11) is 0. The highest BCUT2D eigenvalue weighted by Crippen LogP contribution is 2.24. The van der Waals surface area contributed by atoms with Gasteiger partial charge in [0.1, 0.15) is 15.7 Å². The second kappa shape index (κ2) is 4.79. The number of nitrogen functional groups attached to an aromatic ring is 1. The number of anilines is 1. The molecule has 16 heavy (non-hydrogen) atoms. The summed E-state index contributed by atoms with van der Waals surface area (Å²) >= 11 is 11.5. The summed E-state index contributed by atoms with van der Waals surface area (Å²) in [6, 6.07) is 0. The van der Waals surface area contributed by atoms with Gasteiger partial charge in [-0.15, -0.1) is 11.3 Å². The Bertz CT molecular complexity index is 459. The van der Waals surface area contributed by atoms with Gasteiger partial charge >= 0.3 is 0 Å². The first-order chi connectivity index (χ1) is 7.59. The lowest BCUT2D eigenvalue weighted by Gasteiger charge is -2.11. The first-order valence-corrected chi connectivity index (χ1v) is 6.63. The zero-order chi connectivity index (χ0) is 11.7. The quantitative estimate of drug-likeness (QED) is 0.822. The summed E-state index contributed by atoms with van der Waals surface area (Å²) in [6.07, 6.45) is 2.37. The average Bonchev–Trinajstić information content (AvgIpc) is 2.81. The summed E-state index contributed by atoms with van der Waals surface area (Å²) in [5.74, 6) is 0.568. The number of nitrogens with two attached hydrogens (primary N) is 2. The molecule has 88 valence electrons. The zero-order valence-electron chi connectivity index (χ0n) is 8.64. The van der Waals surface area contributed by atoms with E-state index in [0.29, 0.717) is 26.2 Å². The van der Waals surface area contributed by atoms with Crippen molar-refractivity contribution in [3.8, 4) is 0 Å². The van der Waals surface area contributed by atoms with Crippen LogP contribution in [-0.2, 0) is 11.3 Å². The number of thiazole rings is 1. The SMILES string of the molecule is NC(=S)c1sc(=S)n(C[C@H]2CCCO2)c1N. The van der Waals surface area contributed by atoms with E-state index < -0.39 is 0 Å². The Labute approximate surface area is 108 Å². The second-order valence-corrected chi connectivity index (χ2v) is 5.78. The highest BCUT2D eigenvalue weighted by molar-refractivity contribution is 7.81. The topological polar surface area (TPSA) is 66.2 Å². The monoisotopic (exact) mass is 275 g/mol. The third kappa shape index (κ3) is 2.27. The van der Waals surface area contributed by atoms with E-state index in [4.69, 9.17) is 40.6 Å². The normalized spacial score (nSPS) is 20.1. The highest BCUT2D eigenvalue weighted by Gasteiger charge is 2.19. The van der Waals surface area contributed by atoms with Gasteiger partial charge in [0.05, 0.1) is 12.6 Å². The molecule has 4 N–H and O–H groups in total. The van der Waals surface area contributed by atoms with Crippen molar-refractivity contribution in [3.05, 3.63) is 8.83 Å². The van der Waals surface area contributed by atoms with Crippen molar-refractivity contribution in [2.75, 3.05) is 12.3 Å². The maximum absolute atomic E-state index is 5.97. The first kappa shape index (κ1) is 12.0. The van der Waals surface area contributed by atoms with Crippen molar-refractivity contribution in [2.45, 2.75) is 25.5 Å². The molecule has 0 aromatic carbocycles. The van der Waals surface area contributed by atoms with Crippen LogP contribution in [0.1, 0.15) is 17.7 Å². The molecule has 0 aliphatic carbocycles. The molecule has 4 nitrogen and oxygen atoms in total. The molecular formula is C9H13N3OS3. The Morgan fingerprint density at radius 3 is 2.88 bits per heavy atom. The number of rotatable bonds is 3. The van der Waals surface area contributed by atoms with Crippen LogP contribution in [0.25, 0.3) is 0 Å². The molecular weight excluding hydrogens is 262 g/mol. The van der Waals surface area contributed by atoms with Crippen LogP contribution in [0.3, 0.4) is 0 Å². The number of thiocarbonyl (C=S) groups is 1. The van der Waals surface area contributed by atoms with E-state index in [0.717, 1.165) is 19.4 Å². The van der Waals surface area contributed by atoms with Gasteiger partial charge in [-0.3, -0.25) is 0 Å². The summed E-state index contributed by atoms with van der Waals surface area (Å²) in [5, 5.41) is 0. The van der Waals surface area contributed by atoms with Crippen molar-refractivity contribution in [1.29, 1.82) is 0 Å². The van der Waals surface area contributed by atoms with Crippen molar-refractivity contribution >= 4 is 46.6 Å². The van der Waals surface area contributed by atoms with Gasteiger partial charge in [-0.25, -0.2) is 0 Å². The van der Waals surface area contributed by atoms with Crippen LogP contribution in [0.4, 0.5) is 5.82 Å². The molecule has 1 atom stereocenters. The fraction of sp³-hybridized carbons (Fsp3) is 0.556. The van der Waals surface area contributed by atoms with Crippen LogP contribution in [0.15, 0.2) is 0 Å². The first-order valence-electron chi connectivity index (χ1n) is 5.00. The fourth-order valence-electron chi connectivity index (χ4n) is 1.76. The maximum atomic E-state index is 5.97. The van der Waals surface area contributed by atoms with Gasteiger partial charge in [0.15, 0.2) is 3.95 Å². The third-order valence-electron chi connectivity index (χ3n) is 2.57. The number of hydrogen-bond acceptors (Lipinski definition) is 5. The Morgan fingerprint density at radius 2 is 2.38 bits per heavy atom. The van der Waals surface area contributed by atoms with E-state index in [1.54, 1.807) is 0 Å². The Morgan fingerprint density at radius 1 is 1.62 bits per heavy atom. The number of aromatic nitrogens is 1. The molecule has 1 aromatic heterocycles. The number of nitrogens with zero attached hydrogens (tertiary/aromatic N) is 1. The van der Waals surface area contributed by atoms with E-state index in [1.807, 2.05) is 4.57 Å². The summed E-state index contributed by atoms with van der Waals surface area (Å²) in [4.78, 5) is 1.01. The third-order valence-corrected chi connectivity index (χ3v) is 4.40. The van der Waals surface area contributed by atoms with Gasteiger partial charge in [0, 0.05) is 6.61 Å². The van der Waals surface area contributed by atoms with Crippen molar-refractivity contribution in [2.24, 2.45) is 5.73 Å². The second-order valence-electron chi connectivity index (χ2n) is 3.69. The molecule has 0 radical (unpaired) electrons. The predicted molar refractivity (Wildman–Crippen MR) is 72.4 cm³/mol. The minimum absolute atomic E-state index is 0.211. The van der Waals surface area contributed by atoms with Crippen molar-refractivity contribution < 1.29 is 4.74 Å². The average molecular weight is 275 g/mol. The molecule has 1 aliphatic rings. The largest absolute Gasteiger partial charge is 0.389 e. The summed E-state index contributed by atoms with van der Waals surface area (Å²) < 4.78 is 8.12. The molecule has 1 aromatic rings. The van der Waals surface area contributed by atoms with Crippen LogP contribution in [0.2, 0.25) is 0 Å². The Hall–Kier alpha value is -0.500. The minimum Gasteiger partial charge on any atom is -0.389 e. The van der Waals surface area contributed by atoms with E-state index in [-0.39, 0.29) is 6.10 Å². The smallest absolute Gasteiger partial charge is 0.163 e. The van der Waals surface area contributed by atoms with E-state index >= 15 is 0 Å². The molecule has 7 heteroatoms. The zero-order valence-corrected chi connectivity index (χ0v) is 11.1. The molecule has 1 saturated heterocycles. The van der Waals surface area contributed by atoms with Gasteiger partial charge < -0.3 is 20.8 Å². The molecule has 0 spiro atoms. The van der Waals surface area contributed by atoms with Crippen LogP contribution in [0, 0.1) is 3.95 Å².